The van der Waals surface area contributed by atoms with E-state index in [0.717, 1.165) is 0 Å². The maximum absolute atomic E-state index is 12.6. The second kappa shape index (κ2) is 8.61. The minimum Gasteiger partial charge on any atom is -0.407 e. The average Bonchev–Trinajstić information content (AvgIpc) is 3.32. The first kappa shape index (κ1) is 21.2. The van der Waals surface area contributed by atoms with Crippen LogP contribution in [0.2, 0.25) is 0 Å². The summed E-state index contributed by atoms with van der Waals surface area (Å²) in [5.41, 5.74) is 1.15. The number of amides is 1. The Morgan fingerprint density at radius 2 is 2.06 bits per heavy atom. The molecule has 0 aliphatic carbocycles. The maximum Gasteiger partial charge on any atom is 0.419 e. The van der Waals surface area contributed by atoms with Crippen molar-refractivity contribution in [3.63, 3.8) is 0 Å². The summed E-state index contributed by atoms with van der Waals surface area (Å²) >= 11 is 0. The van der Waals surface area contributed by atoms with Crippen molar-refractivity contribution in [3.8, 4) is 0 Å². The summed E-state index contributed by atoms with van der Waals surface area (Å²) in [7, 11) is 0. The van der Waals surface area contributed by atoms with Gasteiger partial charge in [0.25, 0.3) is 5.69 Å². The van der Waals surface area contributed by atoms with Crippen molar-refractivity contribution < 1.29 is 14.1 Å². The van der Waals surface area contributed by atoms with Crippen LogP contribution in [0.4, 0.5) is 5.69 Å². The summed E-state index contributed by atoms with van der Waals surface area (Å²) in [6.45, 7) is 4.23. The first-order valence-corrected chi connectivity index (χ1v) is 10.2. The van der Waals surface area contributed by atoms with Crippen LogP contribution in [0.3, 0.4) is 0 Å². The van der Waals surface area contributed by atoms with Gasteiger partial charge in [-0.25, -0.2) is 4.79 Å². The van der Waals surface area contributed by atoms with Crippen LogP contribution >= 0.6 is 0 Å². The molecule has 0 bridgehead atoms. The van der Waals surface area contributed by atoms with E-state index in [4.69, 9.17) is 4.42 Å². The van der Waals surface area contributed by atoms with Crippen molar-refractivity contribution in [3.05, 3.63) is 69.1 Å². The quantitative estimate of drug-likeness (QED) is 0.330. The number of nitrogens with zero attached hydrogens (tertiary/aromatic N) is 5. The molecular weight excluding hydrogens is 416 g/mol. The molecule has 0 aliphatic heterocycles. The lowest BCUT2D eigenvalue weighted by atomic mass is 10.0. The summed E-state index contributed by atoms with van der Waals surface area (Å²) in [4.78, 5) is 35.1. The molecular formula is C21H22N6O5. The number of hydrogen-bond donors (Lipinski definition) is 1. The van der Waals surface area contributed by atoms with Gasteiger partial charge in [0.05, 0.1) is 22.5 Å². The predicted octanol–water partition coefficient (Wildman–Crippen LogP) is 2.84. The van der Waals surface area contributed by atoms with Crippen LogP contribution in [0.5, 0.6) is 0 Å². The molecule has 11 nitrogen and oxygen atoms in total. The fraction of sp³-hybridized carbons (Fsp3) is 0.333. The highest BCUT2D eigenvalue weighted by Gasteiger charge is 2.23. The number of fused-ring (bicyclic) bond motifs is 2. The molecule has 1 N–H and O–H groups in total. The summed E-state index contributed by atoms with van der Waals surface area (Å²) in [6, 6.07) is 9.28. The van der Waals surface area contributed by atoms with Crippen LogP contribution < -0.4 is 11.1 Å². The molecule has 0 saturated carbocycles. The number of oxazole rings is 1. The second-order valence-electron chi connectivity index (χ2n) is 7.81. The number of nitro groups is 1. The second-order valence-corrected chi connectivity index (χ2v) is 7.81. The SMILES string of the molecule is CC(C)[C@@H](NC(=O)CCCn1c(=O)oc2cc([N+](=O)[O-])ccc21)c1nnc2ccccn12. The molecule has 0 aliphatic rings. The lowest BCUT2D eigenvalue weighted by molar-refractivity contribution is -0.384. The zero-order valence-corrected chi connectivity index (χ0v) is 17.6. The monoisotopic (exact) mass is 438 g/mol. The van der Waals surface area contributed by atoms with Gasteiger partial charge in [0, 0.05) is 25.2 Å². The number of carbonyl (C=O) groups is 1. The number of aromatic nitrogens is 4. The molecule has 32 heavy (non-hydrogen) atoms. The molecule has 11 heteroatoms. The summed E-state index contributed by atoms with van der Waals surface area (Å²) < 4.78 is 8.34. The molecule has 1 aromatic carbocycles. The number of pyridine rings is 1. The van der Waals surface area contributed by atoms with Crippen LogP contribution in [0.15, 0.2) is 51.8 Å². The minimum atomic E-state index is -0.615. The van der Waals surface area contributed by atoms with E-state index in [-0.39, 0.29) is 42.1 Å². The summed E-state index contributed by atoms with van der Waals surface area (Å²) in [5.74, 6) is -0.0471. The van der Waals surface area contributed by atoms with Gasteiger partial charge in [-0.05, 0) is 30.5 Å². The van der Waals surface area contributed by atoms with E-state index in [0.29, 0.717) is 23.4 Å². The largest absolute Gasteiger partial charge is 0.419 e. The van der Waals surface area contributed by atoms with Crippen molar-refractivity contribution in [1.29, 1.82) is 0 Å². The van der Waals surface area contributed by atoms with Crippen molar-refractivity contribution in [1.82, 2.24) is 24.5 Å². The molecule has 0 fully saturated rings. The van der Waals surface area contributed by atoms with Gasteiger partial charge in [-0.2, -0.15) is 0 Å². The Hall–Kier alpha value is -4.02. The molecule has 0 spiro atoms. The Labute approximate surface area is 181 Å². The van der Waals surface area contributed by atoms with E-state index in [1.54, 1.807) is 0 Å². The fourth-order valence-electron chi connectivity index (χ4n) is 3.63. The number of hydrogen-bond acceptors (Lipinski definition) is 7. The van der Waals surface area contributed by atoms with Crippen molar-refractivity contribution in [2.75, 3.05) is 0 Å². The Balaban J connectivity index is 1.43. The van der Waals surface area contributed by atoms with Gasteiger partial charge in [0.2, 0.25) is 5.91 Å². The van der Waals surface area contributed by atoms with Crippen molar-refractivity contribution in [2.45, 2.75) is 39.3 Å². The molecule has 1 amide bonds. The van der Waals surface area contributed by atoms with Gasteiger partial charge in [-0.15, -0.1) is 10.2 Å². The van der Waals surface area contributed by atoms with E-state index in [1.807, 2.05) is 42.6 Å². The maximum atomic E-state index is 12.6. The van der Waals surface area contributed by atoms with Gasteiger partial charge in [-0.1, -0.05) is 19.9 Å². The van der Waals surface area contributed by atoms with Crippen LogP contribution in [-0.4, -0.2) is 30.0 Å². The average molecular weight is 438 g/mol. The number of carbonyl (C=O) groups excluding carboxylic acids is 1. The van der Waals surface area contributed by atoms with Crippen LogP contribution in [0, 0.1) is 16.0 Å². The predicted molar refractivity (Wildman–Crippen MR) is 115 cm³/mol. The topological polar surface area (TPSA) is 138 Å². The van der Waals surface area contributed by atoms with Crippen LogP contribution in [0.1, 0.15) is 38.6 Å². The lowest BCUT2D eigenvalue weighted by Crippen LogP contribution is -2.33. The summed E-state index contributed by atoms with van der Waals surface area (Å²) in [6.07, 6.45) is 2.43. The smallest absolute Gasteiger partial charge is 0.407 e. The highest BCUT2D eigenvalue weighted by atomic mass is 16.6. The number of aryl methyl sites for hydroxylation is 1. The van der Waals surface area contributed by atoms with E-state index < -0.39 is 10.7 Å². The minimum absolute atomic E-state index is 0.0859. The highest BCUT2D eigenvalue weighted by Crippen LogP contribution is 2.22. The van der Waals surface area contributed by atoms with E-state index in [9.17, 15) is 19.7 Å². The molecule has 166 valence electrons. The molecule has 3 aromatic heterocycles. The number of nitrogens with one attached hydrogen (secondary N) is 1. The highest BCUT2D eigenvalue weighted by molar-refractivity contribution is 5.77. The Morgan fingerprint density at radius 3 is 2.81 bits per heavy atom. The molecule has 0 unspecified atom stereocenters. The third kappa shape index (κ3) is 4.09. The third-order valence-corrected chi connectivity index (χ3v) is 5.25. The standard InChI is InChI=1S/C21H22N6O5/c1-13(2)19(20-24-23-17-6-3-4-10-26(17)20)22-18(28)7-5-11-25-15-9-8-14(27(30)31)12-16(15)32-21(25)29/h3-4,6,8-10,12-13,19H,5,7,11H2,1-2H3,(H,22,28)/t19-/m1/s1. The first-order chi connectivity index (χ1) is 15.3. The van der Waals surface area contributed by atoms with Crippen molar-refractivity contribution >= 4 is 28.3 Å². The number of non-ortho nitro benzene ring substituents is 1. The third-order valence-electron chi connectivity index (χ3n) is 5.25. The summed E-state index contributed by atoms with van der Waals surface area (Å²) in [5, 5.41) is 22.3. The number of nitro benzene ring substituents is 1. The lowest BCUT2D eigenvalue weighted by Gasteiger charge is -2.21. The van der Waals surface area contributed by atoms with Crippen molar-refractivity contribution in [2.24, 2.45) is 5.92 Å². The molecule has 4 rings (SSSR count). The molecule has 1 atom stereocenters. The molecule has 0 radical (unpaired) electrons. The Bertz CT molecular complexity index is 1350. The first-order valence-electron chi connectivity index (χ1n) is 10.2. The zero-order chi connectivity index (χ0) is 22.8. The van der Waals surface area contributed by atoms with E-state index in [2.05, 4.69) is 15.5 Å². The van der Waals surface area contributed by atoms with Crippen LogP contribution in [-0.2, 0) is 11.3 Å². The molecule has 0 saturated heterocycles. The van der Waals surface area contributed by atoms with Gasteiger partial charge < -0.3 is 9.73 Å². The van der Waals surface area contributed by atoms with Gasteiger partial charge >= 0.3 is 5.76 Å². The molecule has 3 heterocycles. The van der Waals surface area contributed by atoms with Gasteiger partial charge in [0.1, 0.15) is 0 Å². The van der Waals surface area contributed by atoms with Crippen LogP contribution in [0.25, 0.3) is 16.7 Å². The molecule has 4 aromatic rings. The van der Waals surface area contributed by atoms with E-state index in [1.165, 1.54) is 22.8 Å². The zero-order valence-electron chi connectivity index (χ0n) is 17.6. The fourth-order valence-corrected chi connectivity index (χ4v) is 3.63. The van der Waals surface area contributed by atoms with E-state index >= 15 is 0 Å². The van der Waals surface area contributed by atoms with Gasteiger partial charge in [0.15, 0.2) is 17.1 Å². The Kier molecular flexibility index (Phi) is 5.71. The number of rotatable bonds is 8. The number of benzene rings is 1. The normalized spacial score (nSPS) is 12.5. The Morgan fingerprint density at radius 1 is 1.25 bits per heavy atom. The van der Waals surface area contributed by atoms with Gasteiger partial charge in [-0.3, -0.25) is 23.9 Å².